The second-order valence-corrected chi connectivity index (χ2v) is 6.92. The topological polar surface area (TPSA) is 41.6 Å². The fraction of sp³-hybridized carbons (Fsp3) is 0.611. The molecule has 1 amide bonds. The normalized spacial score (nSPS) is 20.5. The number of nitrogens with zero attached hydrogens (tertiary/aromatic N) is 1. The number of halogens is 3. The van der Waals surface area contributed by atoms with Gasteiger partial charge in [0.1, 0.15) is 5.75 Å². The number of likely N-dealkylation sites (tertiary alicyclic amines) is 1. The maximum Gasteiger partial charge on any atom is 0.220 e. The van der Waals surface area contributed by atoms with Crippen LogP contribution >= 0.6 is 12.4 Å². The molecule has 7 heteroatoms. The van der Waals surface area contributed by atoms with Crippen molar-refractivity contribution in [3.05, 3.63) is 29.3 Å². The van der Waals surface area contributed by atoms with Crippen LogP contribution in [0, 0.1) is 17.0 Å². The van der Waals surface area contributed by atoms with Gasteiger partial charge in [-0.2, -0.15) is 0 Å². The molecule has 25 heavy (non-hydrogen) atoms. The number of methoxy groups -OCH3 is 1. The van der Waals surface area contributed by atoms with Crippen molar-refractivity contribution in [1.29, 1.82) is 0 Å². The SMILES string of the molecule is COc1ccc(F)c(F)c1CN1CCC2(CCNC(=O)CC2)CC1.Cl. The third-order valence-corrected chi connectivity index (χ3v) is 5.53. The van der Waals surface area contributed by atoms with Gasteiger partial charge in [-0.3, -0.25) is 9.69 Å². The summed E-state index contributed by atoms with van der Waals surface area (Å²) < 4.78 is 32.8. The molecule has 2 saturated heterocycles. The largest absolute Gasteiger partial charge is 0.496 e. The van der Waals surface area contributed by atoms with Gasteiger partial charge in [0.15, 0.2) is 11.6 Å². The molecular formula is C18H25ClF2N2O2. The van der Waals surface area contributed by atoms with Gasteiger partial charge in [0, 0.05) is 25.1 Å². The monoisotopic (exact) mass is 374 g/mol. The van der Waals surface area contributed by atoms with Crippen molar-refractivity contribution in [2.45, 2.75) is 38.6 Å². The molecule has 0 aliphatic carbocycles. The van der Waals surface area contributed by atoms with Gasteiger partial charge in [-0.1, -0.05) is 0 Å². The Morgan fingerprint density at radius 3 is 2.60 bits per heavy atom. The summed E-state index contributed by atoms with van der Waals surface area (Å²) in [5.41, 5.74) is 0.492. The molecule has 140 valence electrons. The zero-order chi connectivity index (χ0) is 17.2. The predicted molar refractivity (Wildman–Crippen MR) is 94.0 cm³/mol. The molecule has 2 aliphatic rings. The average Bonchev–Trinajstić information content (AvgIpc) is 2.76. The van der Waals surface area contributed by atoms with Crippen LogP contribution in [-0.2, 0) is 11.3 Å². The Balaban J connectivity index is 0.00000225. The lowest BCUT2D eigenvalue weighted by molar-refractivity contribution is -0.121. The van der Waals surface area contributed by atoms with Gasteiger partial charge in [-0.05, 0) is 56.3 Å². The lowest BCUT2D eigenvalue weighted by Gasteiger charge is -2.41. The van der Waals surface area contributed by atoms with E-state index in [1.54, 1.807) is 0 Å². The van der Waals surface area contributed by atoms with E-state index in [2.05, 4.69) is 10.2 Å². The van der Waals surface area contributed by atoms with Gasteiger partial charge < -0.3 is 10.1 Å². The number of piperidine rings is 1. The highest BCUT2D eigenvalue weighted by Gasteiger charge is 2.36. The molecule has 0 bridgehead atoms. The van der Waals surface area contributed by atoms with Gasteiger partial charge in [0.2, 0.25) is 5.91 Å². The summed E-state index contributed by atoms with van der Waals surface area (Å²) in [5, 5.41) is 2.94. The number of ether oxygens (including phenoxy) is 1. The Morgan fingerprint density at radius 1 is 1.20 bits per heavy atom. The molecule has 1 aromatic rings. The lowest BCUT2D eigenvalue weighted by Crippen LogP contribution is -2.40. The summed E-state index contributed by atoms with van der Waals surface area (Å²) in [5.74, 6) is -1.13. The number of carbonyl (C=O) groups excluding carboxylic acids is 1. The first-order valence-electron chi connectivity index (χ1n) is 8.53. The van der Waals surface area contributed by atoms with Crippen LogP contribution in [0.15, 0.2) is 12.1 Å². The molecule has 1 aromatic carbocycles. The molecule has 2 aliphatic heterocycles. The third kappa shape index (κ3) is 4.42. The highest BCUT2D eigenvalue weighted by atomic mass is 35.5. The molecule has 3 rings (SSSR count). The molecule has 0 aromatic heterocycles. The summed E-state index contributed by atoms with van der Waals surface area (Å²) in [6.45, 7) is 2.74. The highest BCUT2D eigenvalue weighted by molar-refractivity contribution is 5.85. The van der Waals surface area contributed by atoms with Gasteiger partial charge in [-0.25, -0.2) is 8.78 Å². The third-order valence-electron chi connectivity index (χ3n) is 5.53. The van der Waals surface area contributed by atoms with E-state index < -0.39 is 11.6 Å². The Bertz CT molecular complexity index is 619. The van der Waals surface area contributed by atoms with E-state index in [9.17, 15) is 13.6 Å². The van der Waals surface area contributed by atoms with E-state index in [0.717, 1.165) is 51.4 Å². The molecule has 0 saturated carbocycles. The summed E-state index contributed by atoms with van der Waals surface area (Å²) in [6, 6.07) is 2.57. The maximum absolute atomic E-state index is 14.1. The smallest absolute Gasteiger partial charge is 0.220 e. The van der Waals surface area contributed by atoms with Crippen LogP contribution in [0.2, 0.25) is 0 Å². The molecule has 1 spiro atoms. The first-order valence-corrected chi connectivity index (χ1v) is 8.53. The van der Waals surface area contributed by atoms with Crippen LogP contribution in [0.1, 0.15) is 37.7 Å². The standard InChI is InChI=1S/C18H24F2N2O2.ClH/c1-24-15-3-2-14(19)17(20)13(15)12-22-10-7-18(8-11-22)5-4-16(23)21-9-6-18;/h2-3H,4-12H2,1H3,(H,21,23);1H. The van der Waals surface area contributed by atoms with E-state index in [0.29, 0.717) is 18.7 Å². The summed E-state index contributed by atoms with van der Waals surface area (Å²) >= 11 is 0. The van der Waals surface area contributed by atoms with Crippen molar-refractivity contribution < 1.29 is 18.3 Å². The van der Waals surface area contributed by atoms with Gasteiger partial charge >= 0.3 is 0 Å². The molecule has 4 nitrogen and oxygen atoms in total. The summed E-state index contributed by atoms with van der Waals surface area (Å²) in [4.78, 5) is 13.7. The summed E-state index contributed by atoms with van der Waals surface area (Å²) in [7, 11) is 1.47. The Hall–Kier alpha value is -1.40. The first-order chi connectivity index (χ1) is 11.5. The number of nitrogens with one attached hydrogen (secondary N) is 1. The van der Waals surface area contributed by atoms with Crippen LogP contribution in [-0.4, -0.2) is 37.6 Å². The lowest BCUT2D eigenvalue weighted by atomic mass is 9.73. The first kappa shape index (κ1) is 19.9. The van der Waals surface area contributed by atoms with Crippen molar-refractivity contribution in [3.8, 4) is 5.75 Å². The van der Waals surface area contributed by atoms with Crippen molar-refractivity contribution in [1.82, 2.24) is 10.2 Å². The highest BCUT2D eigenvalue weighted by Crippen LogP contribution is 2.41. The number of rotatable bonds is 3. The summed E-state index contributed by atoms with van der Waals surface area (Å²) in [6.07, 6.45) is 4.49. The molecule has 1 N–H and O–H groups in total. The van der Waals surface area contributed by atoms with Gasteiger partial charge in [-0.15, -0.1) is 12.4 Å². The zero-order valence-electron chi connectivity index (χ0n) is 14.4. The maximum atomic E-state index is 14.1. The molecule has 2 heterocycles. The van der Waals surface area contributed by atoms with Crippen molar-refractivity contribution in [2.24, 2.45) is 5.41 Å². The number of hydrogen-bond donors (Lipinski definition) is 1. The van der Waals surface area contributed by atoms with Gasteiger partial charge in [0.25, 0.3) is 0 Å². The van der Waals surface area contributed by atoms with E-state index in [1.807, 2.05) is 0 Å². The van der Waals surface area contributed by atoms with Crippen LogP contribution in [0.3, 0.4) is 0 Å². The van der Waals surface area contributed by atoms with Crippen LogP contribution in [0.25, 0.3) is 0 Å². The van der Waals surface area contributed by atoms with Crippen molar-refractivity contribution in [2.75, 3.05) is 26.7 Å². The van der Waals surface area contributed by atoms with Crippen LogP contribution < -0.4 is 10.1 Å². The Labute approximate surface area is 153 Å². The molecule has 0 atom stereocenters. The average molecular weight is 375 g/mol. The molecular weight excluding hydrogens is 350 g/mol. The second-order valence-electron chi connectivity index (χ2n) is 6.92. The van der Waals surface area contributed by atoms with E-state index in [-0.39, 0.29) is 29.3 Å². The molecule has 0 unspecified atom stereocenters. The minimum atomic E-state index is -0.840. The predicted octanol–water partition coefficient (Wildman–Crippen LogP) is 3.28. The number of benzene rings is 1. The minimum Gasteiger partial charge on any atom is -0.496 e. The Morgan fingerprint density at radius 2 is 1.92 bits per heavy atom. The Kier molecular flexibility index (Phi) is 6.63. The van der Waals surface area contributed by atoms with Crippen molar-refractivity contribution >= 4 is 18.3 Å². The van der Waals surface area contributed by atoms with Gasteiger partial charge in [0.05, 0.1) is 7.11 Å². The van der Waals surface area contributed by atoms with E-state index in [1.165, 1.54) is 13.2 Å². The zero-order valence-corrected chi connectivity index (χ0v) is 15.3. The quantitative estimate of drug-likeness (QED) is 0.882. The van der Waals surface area contributed by atoms with E-state index in [4.69, 9.17) is 4.74 Å². The van der Waals surface area contributed by atoms with Crippen molar-refractivity contribution in [3.63, 3.8) is 0 Å². The fourth-order valence-corrected chi connectivity index (χ4v) is 3.88. The number of hydrogen-bond acceptors (Lipinski definition) is 3. The fourth-order valence-electron chi connectivity index (χ4n) is 3.88. The van der Waals surface area contributed by atoms with E-state index >= 15 is 0 Å². The molecule has 2 fully saturated rings. The minimum absolute atomic E-state index is 0. The molecule has 0 radical (unpaired) electrons. The number of carbonyl (C=O) groups is 1. The number of amides is 1. The van der Waals surface area contributed by atoms with Crippen LogP contribution in [0.4, 0.5) is 8.78 Å². The van der Waals surface area contributed by atoms with Crippen LogP contribution in [0.5, 0.6) is 5.75 Å². The second kappa shape index (κ2) is 8.32.